The van der Waals surface area contributed by atoms with E-state index >= 15 is 0 Å². The van der Waals surface area contributed by atoms with Crippen LogP contribution in [0.15, 0.2) is 48.5 Å². The van der Waals surface area contributed by atoms with Crippen molar-refractivity contribution >= 4 is 11.6 Å². The SMILES string of the molecule is Cc1cccc(C2CCCN2C(=O)c2cccc(N)c2)c1. The lowest BCUT2D eigenvalue weighted by Crippen LogP contribution is -2.30. The van der Waals surface area contributed by atoms with Gasteiger partial charge in [-0.25, -0.2) is 0 Å². The maximum Gasteiger partial charge on any atom is 0.254 e. The first-order valence-corrected chi connectivity index (χ1v) is 7.38. The molecule has 3 nitrogen and oxygen atoms in total. The predicted molar refractivity (Wildman–Crippen MR) is 85.0 cm³/mol. The standard InChI is InChI=1S/C18H20N2O/c1-13-5-2-6-14(11-13)17-9-4-10-20(17)18(21)15-7-3-8-16(19)12-15/h2-3,5-8,11-12,17H,4,9-10,19H2,1H3. The topological polar surface area (TPSA) is 46.3 Å². The summed E-state index contributed by atoms with van der Waals surface area (Å²) in [5, 5.41) is 0. The molecule has 3 heteroatoms. The number of hydrogen-bond donors (Lipinski definition) is 1. The van der Waals surface area contributed by atoms with Gasteiger partial charge >= 0.3 is 0 Å². The van der Waals surface area contributed by atoms with Crippen LogP contribution in [0.1, 0.15) is 40.4 Å². The summed E-state index contributed by atoms with van der Waals surface area (Å²) in [5.41, 5.74) is 9.56. The Hall–Kier alpha value is -2.29. The van der Waals surface area contributed by atoms with Gasteiger partial charge in [-0.3, -0.25) is 4.79 Å². The molecule has 0 bridgehead atoms. The number of nitrogens with zero attached hydrogens (tertiary/aromatic N) is 1. The molecule has 1 unspecified atom stereocenters. The van der Waals surface area contributed by atoms with Gasteiger partial charge in [0.15, 0.2) is 0 Å². The van der Waals surface area contributed by atoms with Crippen molar-refractivity contribution < 1.29 is 4.79 Å². The fourth-order valence-electron chi connectivity index (χ4n) is 3.07. The highest BCUT2D eigenvalue weighted by Gasteiger charge is 2.30. The summed E-state index contributed by atoms with van der Waals surface area (Å²) in [6.07, 6.45) is 2.07. The number of carbonyl (C=O) groups excluding carboxylic acids is 1. The third-order valence-corrected chi connectivity index (χ3v) is 4.07. The van der Waals surface area contributed by atoms with Gasteiger partial charge in [-0.15, -0.1) is 0 Å². The molecule has 0 saturated carbocycles. The van der Waals surface area contributed by atoms with Gasteiger partial charge in [-0.2, -0.15) is 0 Å². The molecule has 0 spiro atoms. The van der Waals surface area contributed by atoms with Crippen molar-refractivity contribution in [3.8, 4) is 0 Å². The van der Waals surface area contributed by atoms with E-state index in [0.717, 1.165) is 19.4 Å². The average Bonchev–Trinajstić information content (AvgIpc) is 2.96. The monoisotopic (exact) mass is 280 g/mol. The van der Waals surface area contributed by atoms with Crippen LogP contribution in [0, 0.1) is 6.92 Å². The molecule has 2 aromatic rings. The van der Waals surface area contributed by atoms with E-state index in [9.17, 15) is 4.79 Å². The van der Waals surface area contributed by atoms with E-state index in [2.05, 4.69) is 31.2 Å². The molecule has 1 amide bonds. The lowest BCUT2D eigenvalue weighted by Gasteiger charge is -2.25. The summed E-state index contributed by atoms with van der Waals surface area (Å²) >= 11 is 0. The summed E-state index contributed by atoms with van der Waals surface area (Å²) in [6, 6.07) is 15.9. The van der Waals surface area contributed by atoms with E-state index in [4.69, 9.17) is 5.73 Å². The highest BCUT2D eigenvalue weighted by Crippen LogP contribution is 2.33. The molecule has 1 fully saturated rings. The Balaban J connectivity index is 1.89. The van der Waals surface area contributed by atoms with E-state index in [-0.39, 0.29) is 11.9 Å². The molecular formula is C18H20N2O. The molecule has 1 aliphatic heterocycles. The van der Waals surface area contributed by atoms with E-state index < -0.39 is 0 Å². The summed E-state index contributed by atoms with van der Waals surface area (Å²) in [4.78, 5) is 14.7. The van der Waals surface area contributed by atoms with Gasteiger partial charge in [0.1, 0.15) is 0 Å². The number of likely N-dealkylation sites (tertiary alicyclic amines) is 1. The maximum atomic E-state index is 12.7. The Morgan fingerprint density at radius 3 is 2.76 bits per heavy atom. The largest absolute Gasteiger partial charge is 0.399 e. The van der Waals surface area contributed by atoms with Gasteiger partial charge in [0, 0.05) is 17.8 Å². The van der Waals surface area contributed by atoms with Crippen molar-refractivity contribution in [3.63, 3.8) is 0 Å². The van der Waals surface area contributed by atoms with Crippen molar-refractivity contribution in [1.29, 1.82) is 0 Å². The van der Waals surface area contributed by atoms with Crippen LogP contribution in [-0.2, 0) is 0 Å². The summed E-state index contributed by atoms with van der Waals surface area (Å²) in [6.45, 7) is 2.90. The molecule has 1 atom stereocenters. The van der Waals surface area contributed by atoms with Crippen molar-refractivity contribution in [2.45, 2.75) is 25.8 Å². The maximum absolute atomic E-state index is 12.7. The second kappa shape index (κ2) is 5.60. The van der Waals surface area contributed by atoms with E-state index in [1.807, 2.05) is 17.0 Å². The highest BCUT2D eigenvalue weighted by atomic mass is 16.2. The number of nitrogen functional groups attached to an aromatic ring is 1. The highest BCUT2D eigenvalue weighted by molar-refractivity contribution is 5.95. The lowest BCUT2D eigenvalue weighted by atomic mass is 10.0. The lowest BCUT2D eigenvalue weighted by molar-refractivity contribution is 0.0735. The first-order chi connectivity index (χ1) is 10.1. The fraction of sp³-hybridized carbons (Fsp3) is 0.278. The Labute approximate surface area is 125 Å². The number of nitrogens with two attached hydrogens (primary N) is 1. The molecule has 21 heavy (non-hydrogen) atoms. The number of hydrogen-bond acceptors (Lipinski definition) is 2. The molecule has 1 saturated heterocycles. The minimum atomic E-state index is 0.0753. The van der Waals surface area contributed by atoms with Crippen LogP contribution < -0.4 is 5.73 Å². The first kappa shape index (κ1) is 13.7. The molecule has 2 N–H and O–H groups in total. The number of carbonyl (C=O) groups is 1. The van der Waals surface area contributed by atoms with Gasteiger partial charge in [0.05, 0.1) is 6.04 Å². The molecule has 2 aromatic carbocycles. The summed E-state index contributed by atoms with van der Waals surface area (Å²) < 4.78 is 0. The molecule has 0 aromatic heterocycles. The smallest absolute Gasteiger partial charge is 0.254 e. The van der Waals surface area contributed by atoms with Gasteiger partial charge in [0.2, 0.25) is 0 Å². The third-order valence-electron chi connectivity index (χ3n) is 4.07. The molecular weight excluding hydrogens is 260 g/mol. The van der Waals surface area contributed by atoms with Crippen molar-refractivity contribution in [2.75, 3.05) is 12.3 Å². The Morgan fingerprint density at radius 1 is 1.19 bits per heavy atom. The van der Waals surface area contributed by atoms with Crippen molar-refractivity contribution in [1.82, 2.24) is 4.90 Å². The van der Waals surface area contributed by atoms with Crippen molar-refractivity contribution in [3.05, 3.63) is 65.2 Å². The minimum Gasteiger partial charge on any atom is -0.399 e. The molecule has 1 heterocycles. The quantitative estimate of drug-likeness (QED) is 0.855. The number of anilines is 1. The fourth-order valence-corrected chi connectivity index (χ4v) is 3.07. The normalized spacial score (nSPS) is 18.0. The van der Waals surface area contributed by atoms with Crippen LogP contribution in [-0.4, -0.2) is 17.4 Å². The summed E-state index contributed by atoms with van der Waals surface area (Å²) in [5.74, 6) is 0.0753. The zero-order valence-electron chi connectivity index (χ0n) is 12.3. The number of benzene rings is 2. The number of amides is 1. The van der Waals surface area contributed by atoms with Gasteiger partial charge in [-0.1, -0.05) is 35.9 Å². The molecule has 0 radical (unpaired) electrons. The predicted octanol–water partition coefficient (Wildman–Crippen LogP) is 3.55. The summed E-state index contributed by atoms with van der Waals surface area (Å²) in [7, 11) is 0. The second-order valence-electron chi connectivity index (χ2n) is 5.70. The number of aryl methyl sites for hydroxylation is 1. The van der Waals surface area contributed by atoms with E-state index in [1.165, 1.54) is 11.1 Å². The van der Waals surface area contributed by atoms with Crippen molar-refractivity contribution in [2.24, 2.45) is 0 Å². The Kier molecular flexibility index (Phi) is 3.65. The van der Waals surface area contributed by atoms with Crippen LogP contribution >= 0.6 is 0 Å². The van der Waals surface area contributed by atoms with Gasteiger partial charge < -0.3 is 10.6 Å². The zero-order chi connectivity index (χ0) is 14.8. The van der Waals surface area contributed by atoms with Crippen LogP contribution in [0.3, 0.4) is 0 Å². The first-order valence-electron chi connectivity index (χ1n) is 7.38. The molecule has 108 valence electrons. The Morgan fingerprint density at radius 2 is 2.00 bits per heavy atom. The van der Waals surface area contributed by atoms with E-state index in [0.29, 0.717) is 11.3 Å². The molecule has 3 rings (SSSR count). The molecule has 0 aliphatic carbocycles. The van der Waals surface area contributed by atoms with Crippen LogP contribution in [0.25, 0.3) is 0 Å². The Bertz CT molecular complexity index is 666. The molecule has 1 aliphatic rings. The van der Waals surface area contributed by atoms with Crippen LogP contribution in [0.5, 0.6) is 0 Å². The van der Waals surface area contributed by atoms with Gasteiger partial charge in [0.25, 0.3) is 5.91 Å². The number of rotatable bonds is 2. The zero-order valence-corrected chi connectivity index (χ0v) is 12.3. The second-order valence-corrected chi connectivity index (χ2v) is 5.70. The van der Waals surface area contributed by atoms with Gasteiger partial charge in [-0.05, 0) is 43.5 Å². The average molecular weight is 280 g/mol. The third kappa shape index (κ3) is 2.77. The van der Waals surface area contributed by atoms with Crippen LogP contribution in [0.4, 0.5) is 5.69 Å². The van der Waals surface area contributed by atoms with E-state index in [1.54, 1.807) is 12.1 Å². The van der Waals surface area contributed by atoms with Crippen LogP contribution in [0.2, 0.25) is 0 Å². The minimum absolute atomic E-state index is 0.0753.